The Morgan fingerprint density at radius 2 is 1.58 bits per heavy atom. The first-order valence-corrected chi connectivity index (χ1v) is 5.80. The highest BCUT2D eigenvalue weighted by atomic mass is 19.2. The molecule has 0 aliphatic heterocycles. The van der Waals surface area contributed by atoms with Crippen LogP contribution in [0.5, 0.6) is 0 Å². The molecule has 2 aromatic carbocycles. The highest BCUT2D eigenvalue weighted by molar-refractivity contribution is 5.96. The summed E-state index contributed by atoms with van der Waals surface area (Å²) in [5.41, 5.74) is 0.522. The summed E-state index contributed by atoms with van der Waals surface area (Å²) in [5.74, 6) is -4.11. The van der Waals surface area contributed by atoms with Crippen LogP contribution in [0.25, 0.3) is 0 Å². The molecule has 0 aliphatic carbocycles. The van der Waals surface area contributed by atoms with Gasteiger partial charge in [0.15, 0.2) is 23.2 Å². The van der Waals surface area contributed by atoms with Gasteiger partial charge < -0.3 is 0 Å². The van der Waals surface area contributed by atoms with Gasteiger partial charge in [-0.1, -0.05) is 36.4 Å². The van der Waals surface area contributed by atoms with Crippen molar-refractivity contribution in [3.8, 4) is 0 Å². The Kier molecular flexibility index (Phi) is 4.00. The van der Waals surface area contributed by atoms with Gasteiger partial charge in [-0.2, -0.15) is 0 Å². The molecule has 0 atom stereocenters. The Labute approximate surface area is 108 Å². The highest BCUT2D eigenvalue weighted by Crippen LogP contribution is 2.17. The van der Waals surface area contributed by atoms with Gasteiger partial charge >= 0.3 is 0 Å². The predicted octanol–water partition coefficient (Wildman–Crippen LogP) is 3.92. The van der Waals surface area contributed by atoms with Gasteiger partial charge in [0.05, 0.1) is 0 Å². The SMILES string of the molecule is O=C(CCc1ccc(F)c(F)c1F)c1ccccc1. The molecule has 0 amide bonds. The maximum absolute atomic E-state index is 13.4. The van der Waals surface area contributed by atoms with Gasteiger partial charge in [0, 0.05) is 12.0 Å². The number of hydrogen-bond acceptors (Lipinski definition) is 1. The second-order valence-electron chi connectivity index (χ2n) is 4.12. The number of carbonyl (C=O) groups excluding carboxylic acids is 1. The van der Waals surface area contributed by atoms with Crippen molar-refractivity contribution in [1.29, 1.82) is 0 Å². The van der Waals surface area contributed by atoms with Crippen LogP contribution >= 0.6 is 0 Å². The third-order valence-corrected chi connectivity index (χ3v) is 2.83. The molecule has 0 radical (unpaired) electrons. The van der Waals surface area contributed by atoms with Crippen molar-refractivity contribution >= 4 is 5.78 Å². The third-order valence-electron chi connectivity index (χ3n) is 2.83. The normalized spacial score (nSPS) is 10.5. The zero-order chi connectivity index (χ0) is 13.8. The lowest BCUT2D eigenvalue weighted by Crippen LogP contribution is -2.04. The van der Waals surface area contributed by atoms with Gasteiger partial charge in [0.2, 0.25) is 0 Å². The quantitative estimate of drug-likeness (QED) is 0.604. The lowest BCUT2D eigenvalue weighted by molar-refractivity contribution is 0.0982. The zero-order valence-electron chi connectivity index (χ0n) is 10.00. The number of aryl methyl sites for hydroxylation is 1. The summed E-state index contributed by atoms with van der Waals surface area (Å²) in [6, 6.07) is 10.6. The van der Waals surface area contributed by atoms with E-state index in [0.717, 1.165) is 12.1 Å². The molecule has 1 nitrogen and oxygen atoms in total. The molecule has 98 valence electrons. The maximum Gasteiger partial charge on any atom is 0.194 e. The van der Waals surface area contributed by atoms with Gasteiger partial charge in [0.1, 0.15) is 0 Å². The molecule has 0 bridgehead atoms. The van der Waals surface area contributed by atoms with Crippen molar-refractivity contribution in [3.05, 3.63) is 71.0 Å². The molecule has 2 aromatic rings. The van der Waals surface area contributed by atoms with Crippen molar-refractivity contribution < 1.29 is 18.0 Å². The molecule has 0 fully saturated rings. The van der Waals surface area contributed by atoms with E-state index in [1.807, 2.05) is 0 Å². The first-order valence-electron chi connectivity index (χ1n) is 5.80. The van der Waals surface area contributed by atoms with E-state index in [0.29, 0.717) is 5.56 Å². The fraction of sp³-hybridized carbons (Fsp3) is 0.133. The molecule has 0 spiro atoms. The Hall–Kier alpha value is -2.10. The van der Waals surface area contributed by atoms with Crippen LogP contribution in [0.15, 0.2) is 42.5 Å². The van der Waals surface area contributed by atoms with Crippen LogP contribution in [0.3, 0.4) is 0 Å². The molecule has 0 aromatic heterocycles. The van der Waals surface area contributed by atoms with E-state index in [-0.39, 0.29) is 24.2 Å². The fourth-order valence-corrected chi connectivity index (χ4v) is 1.78. The number of rotatable bonds is 4. The van der Waals surface area contributed by atoms with E-state index >= 15 is 0 Å². The van der Waals surface area contributed by atoms with Crippen molar-refractivity contribution in [3.63, 3.8) is 0 Å². The number of ketones is 1. The van der Waals surface area contributed by atoms with Gasteiger partial charge in [-0.3, -0.25) is 4.79 Å². The molecule has 0 unspecified atom stereocenters. The van der Waals surface area contributed by atoms with Crippen LogP contribution in [0.2, 0.25) is 0 Å². The Morgan fingerprint density at radius 3 is 2.26 bits per heavy atom. The molecular weight excluding hydrogens is 253 g/mol. The summed E-state index contributed by atoms with van der Waals surface area (Å²) in [4.78, 5) is 11.8. The highest BCUT2D eigenvalue weighted by Gasteiger charge is 2.14. The molecular formula is C15H11F3O. The van der Waals surface area contributed by atoms with E-state index in [9.17, 15) is 18.0 Å². The second-order valence-corrected chi connectivity index (χ2v) is 4.12. The summed E-state index contributed by atoms with van der Waals surface area (Å²) in [6.45, 7) is 0. The van der Waals surface area contributed by atoms with Crippen LogP contribution in [-0.4, -0.2) is 5.78 Å². The van der Waals surface area contributed by atoms with Gasteiger partial charge in [-0.05, 0) is 18.1 Å². The van der Waals surface area contributed by atoms with Crippen LogP contribution in [0.4, 0.5) is 13.2 Å². The fourth-order valence-electron chi connectivity index (χ4n) is 1.78. The van der Waals surface area contributed by atoms with Gasteiger partial charge in [-0.25, -0.2) is 13.2 Å². The average molecular weight is 264 g/mol. The summed E-state index contributed by atoms with van der Waals surface area (Å²) in [6.07, 6.45) is 0.0861. The molecule has 0 saturated heterocycles. The topological polar surface area (TPSA) is 17.1 Å². The molecule has 4 heteroatoms. The van der Waals surface area contributed by atoms with Crippen LogP contribution in [0, 0.1) is 17.5 Å². The summed E-state index contributed by atoms with van der Waals surface area (Å²) in [7, 11) is 0. The molecule has 2 rings (SSSR count). The largest absolute Gasteiger partial charge is 0.294 e. The molecule has 0 N–H and O–H groups in total. The van der Waals surface area contributed by atoms with E-state index in [4.69, 9.17) is 0 Å². The third kappa shape index (κ3) is 3.02. The molecule has 0 aliphatic rings. The first-order chi connectivity index (χ1) is 9.09. The van der Waals surface area contributed by atoms with Gasteiger partial charge in [-0.15, -0.1) is 0 Å². The van der Waals surface area contributed by atoms with Crippen molar-refractivity contribution in [1.82, 2.24) is 0 Å². The van der Waals surface area contributed by atoms with E-state index < -0.39 is 17.5 Å². The first kappa shape index (κ1) is 13.3. The summed E-state index contributed by atoms with van der Waals surface area (Å²) >= 11 is 0. The number of benzene rings is 2. The smallest absolute Gasteiger partial charge is 0.194 e. The average Bonchev–Trinajstić information content (AvgIpc) is 2.45. The minimum absolute atomic E-state index is 0.00295. The van der Waals surface area contributed by atoms with Crippen LogP contribution < -0.4 is 0 Å². The Morgan fingerprint density at radius 1 is 0.895 bits per heavy atom. The van der Waals surface area contributed by atoms with E-state index in [2.05, 4.69) is 0 Å². The zero-order valence-corrected chi connectivity index (χ0v) is 10.00. The minimum atomic E-state index is -1.50. The number of hydrogen-bond donors (Lipinski definition) is 0. The van der Waals surface area contributed by atoms with E-state index in [1.165, 1.54) is 0 Å². The Balaban J connectivity index is 2.08. The molecule has 0 saturated carbocycles. The Bertz CT molecular complexity index is 594. The van der Waals surface area contributed by atoms with E-state index in [1.54, 1.807) is 30.3 Å². The molecule has 19 heavy (non-hydrogen) atoms. The molecule has 0 heterocycles. The van der Waals surface area contributed by atoms with Crippen molar-refractivity contribution in [2.75, 3.05) is 0 Å². The second kappa shape index (κ2) is 5.69. The number of Topliss-reactive ketones (excluding diaryl/α,β-unsaturated/α-hetero) is 1. The van der Waals surface area contributed by atoms with Crippen molar-refractivity contribution in [2.45, 2.75) is 12.8 Å². The monoisotopic (exact) mass is 264 g/mol. The lowest BCUT2D eigenvalue weighted by atomic mass is 10.0. The van der Waals surface area contributed by atoms with Crippen LogP contribution in [-0.2, 0) is 6.42 Å². The predicted molar refractivity (Wildman–Crippen MR) is 65.4 cm³/mol. The minimum Gasteiger partial charge on any atom is -0.294 e. The lowest BCUT2D eigenvalue weighted by Gasteiger charge is -2.04. The summed E-state index contributed by atoms with van der Waals surface area (Å²) < 4.78 is 39.1. The van der Waals surface area contributed by atoms with Crippen LogP contribution in [0.1, 0.15) is 22.3 Å². The van der Waals surface area contributed by atoms with Gasteiger partial charge in [0.25, 0.3) is 0 Å². The number of halogens is 3. The number of carbonyl (C=O) groups is 1. The van der Waals surface area contributed by atoms with Crippen molar-refractivity contribution in [2.24, 2.45) is 0 Å². The summed E-state index contributed by atoms with van der Waals surface area (Å²) in [5, 5.41) is 0. The maximum atomic E-state index is 13.4. The standard InChI is InChI=1S/C15H11F3O/c16-12-8-6-11(14(17)15(12)18)7-9-13(19)10-4-2-1-3-5-10/h1-6,8H,7,9H2.